The van der Waals surface area contributed by atoms with Crippen molar-refractivity contribution in [2.45, 2.75) is 56.9 Å². The highest BCUT2D eigenvalue weighted by atomic mass is 19.4. The molecule has 0 amide bonds. The Morgan fingerprint density at radius 1 is 1.15 bits per heavy atom. The van der Waals surface area contributed by atoms with Gasteiger partial charge in [0.2, 0.25) is 0 Å². The summed E-state index contributed by atoms with van der Waals surface area (Å²) < 4.78 is 88.3. The molecule has 2 rings (SSSR count). The highest BCUT2D eigenvalue weighted by Crippen LogP contribution is 2.40. The average molecular weight is 400 g/mol. The van der Waals surface area contributed by atoms with Crippen LogP contribution >= 0.6 is 0 Å². The van der Waals surface area contributed by atoms with Crippen LogP contribution in [-0.2, 0) is 26.6 Å². The fourth-order valence-electron chi connectivity index (χ4n) is 2.83. The van der Waals surface area contributed by atoms with Gasteiger partial charge in [-0.05, 0) is 43.0 Å². The largest absolute Gasteiger partial charge is 0.479 e. The number of rotatable bonds is 6. The Labute approximate surface area is 151 Å². The molecule has 0 saturated carbocycles. The van der Waals surface area contributed by atoms with E-state index in [4.69, 9.17) is 14.6 Å². The van der Waals surface area contributed by atoms with Crippen molar-refractivity contribution in [3.63, 3.8) is 0 Å². The molecule has 1 heterocycles. The Kier molecular flexibility index (Phi) is 6.41. The third kappa shape index (κ3) is 5.58. The molecule has 1 saturated heterocycles. The molecule has 3 atom stereocenters. The summed E-state index contributed by atoms with van der Waals surface area (Å²) in [6.07, 6.45) is -11.7. The van der Waals surface area contributed by atoms with E-state index >= 15 is 0 Å². The fraction of sp³-hybridized carbons (Fsp3) is 0.588. The Morgan fingerprint density at radius 2 is 1.70 bits per heavy atom. The zero-order valence-corrected chi connectivity index (χ0v) is 14.2. The van der Waals surface area contributed by atoms with Crippen LogP contribution < -0.4 is 0 Å². The minimum atomic E-state index is -4.92. The lowest BCUT2D eigenvalue weighted by atomic mass is 9.99. The molecule has 1 aliphatic heterocycles. The summed E-state index contributed by atoms with van der Waals surface area (Å²) in [7, 11) is 0. The van der Waals surface area contributed by atoms with Crippen molar-refractivity contribution in [3.8, 4) is 0 Å². The van der Waals surface area contributed by atoms with Gasteiger partial charge >= 0.3 is 18.3 Å². The molecule has 0 aromatic heterocycles. The van der Waals surface area contributed by atoms with E-state index in [0.717, 1.165) is 0 Å². The lowest BCUT2D eigenvalue weighted by molar-refractivity contribution is -0.153. The molecule has 1 aliphatic rings. The molecule has 10 heteroatoms. The Bertz CT molecular complexity index is 638. The maximum absolute atomic E-state index is 12.9. The first-order valence-electron chi connectivity index (χ1n) is 8.21. The summed E-state index contributed by atoms with van der Waals surface area (Å²) in [6.45, 7) is 1.50. The number of alkyl halides is 6. The van der Waals surface area contributed by atoms with Crippen molar-refractivity contribution < 1.29 is 45.7 Å². The van der Waals surface area contributed by atoms with Gasteiger partial charge in [-0.15, -0.1) is 0 Å². The summed E-state index contributed by atoms with van der Waals surface area (Å²) in [4.78, 5) is 10.9. The van der Waals surface area contributed by atoms with E-state index in [-0.39, 0.29) is 31.1 Å². The summed E-state index contributed by atoms with van der Waals surface area (Å²) in [5.41, 5.74) is -3.01. The fourth-order valence-corrected chi connectivity index (χ4v) is 2.83. The third-order valence-corrected chi connectivity index (χ3v) is 4.22. The quantitative estimate of drug-likeness (QED) is 0.696. The van der Waals surface area contributed by atoms with Crippen LogP contribution in [0.5, 0.6) is 0 Å². The minimum Gasteiger partial charge on any atom is -0.479 e. The van der Waals surface area contributed by atoms with Crippen LogP contribution in [0.15, 0.2) is 18.2 Å². The van der Waals surface area contributed by atoms with Gasteiger partial charge in [0.1, 0.15) is 0 Å². The standard InChI is InChI=1S/C17H18F6O4/c1-2-13(15(24)25)26-8-12-3-4-14(27-12)9-5-10(16(18,19)20)7-11(6-9)17(21,22)23/h5-7,12-14H,2-4,8H2,1H3,(H,24,25). The van der Waals surface area contributed by atoms with E-state index in [1.807, 2.05) is 0 Å². The van der Waals surface area contributed by atoms with Gasteiger partial charge in [-0.3, -0.25) is 0 Å². The second-order valence-electron chi connectivity index (χ2n) is 6.23. The molecule has 1 N–H and O–H groups in total. The predicted molar refractivity (Wildman–Crippen MR) is 81.0 cm³/mol. The van der Waals surface area contributed by atoms with Crippen LogP contribution in [0.4, 0.5) is 26.3 Å². The van der Waals surface area contributed by atoms with E-state index in [0.29, 0.717) is 18.6 Å². The topological polar surface area (TPSA) is 55.8 Å². The lowest BCUT2D eigenvalue weighted by Gasteiger charge is -2.19. The smallest absolute Gasteiger partial charge is 0.416 e. The van der Waals surface area contributed by atoms with Gasteiger partial charge in [-0.2, -0.15) is 26.3 Å². The number of carboxylic acid groups (broad SMARTS) is 1. The number of aliphatic carboxylic acids is 1. The first kappa shape index (κ1) is 21.5. The number of carboxylic acids is 1. The van der Waals surface area contributed by atoms with Crippen LogP contribution in [0.2, 0.25) is 0 Å². The molecule has 0 spiro atoms. The van der Waals surface area contributed by atoms with Crippen molar-refractivity contribution in [3.05, 3.63) is 34.9 Å². The van der Waals surface area contributed by atoms with Gasteiger partial charge in [-0.25, -0.2) is 4.79 Å². The molecule has 152 valence electrons. The van der Waals surface area contributed by atoms with Gasteiger partial charge < -0.3 is 14.6 Å². The number of hydrogen-bond acceptors (Lipinski definition) is 3. The van der Waals surface area contributed by atoms with Crippen molar-refractivity contribution in [1.29, 1.82) is 0 Å². The van der Waals surface area contributed by atoms with E-state index in [1.165, 1.54) is 0 Å². The lowest BCUT2D eigenvalue weighted by Crippen LogP contribution is -2.27. The minimum absolute atomic E-state index is 0.0672. The van der Waals surface area contributed by atoms with E-state index in [9.17, 15) is 31.1 Å². The number of benzene rings is 1. The maximum Gasteiger partial charge on any atom is 0.416 e. The SMILES string of the molecule is CCC(OCC1CCC(c2cc(C(F)(F)F)cc(C(F)(F)F)c2)O1)C(=O)O. The van der Waals surface area contributed by atoms with Crippen LogP contribution in [0.3, 0.4) is 0 Å². The number of halogens is 6. The monoisotopic (exact) mass is 400 g/mol. The van der Waals surface area contributed by atoms with Crippen molar-refractivity contribution in [2.24, 2.45) is 0 Å². The molecule has 0 aliphatic carbocycles. The highest BCUT2D eigenvalue weighted by molar-refractivity contribution is 5.72. The van der Waals surface area contributed by atoms with Crippen molar-refractivity contribution in [2.75, 3.05) is 6.61 Å². The molecule has 0 bridgehead atoms. The van der Waals surface area contributed by atoms with E-state index in [1.54, 1.807) is 6.92 Å². The molecule has 1 aromatic rings. The van der Waals surface area contributed by atoms with E-state index < -0.39 is 47.8 Å². The van der Waals surface area contributed by atoms with Crippen LogP contribution in [0.1, 0.15) is 49.0 Å². The molecule has 4 nitrogen and oxygen atoms in total. The summed E-state index contributed by atoms with van der Waals surface area (Å²) in [5.74, 6) is -1.15. The number of ether oxygens (including phenoxy) is 2. The first-order valence-corrected chi connectivity index (χ1v) is 8.21. The number of hydrogen-bond donors (Lipinski definition) is 1. The third-order valence-electron chi connectivity index (χ3n) is 4.22. The van der Waals surface area contributed by atoms with Gasteiger partial charge in [0, 0.05) is 0 Å². The number of carbonyl (C=O) groups is 1. The Balaban J connectivity index is 2.15. The van der Waals surface area contributed by atoms with Gasteiger partial charge in [0.05, 0.1) is 29.9 Å². The summed E-state index contributed by atoms with van der Waals surface area (Å²) in [6, 6.07) is 1.36. The van der Waals surface area contributed by atoms with Crippen LogP contribution in [0, 0.1) is 0 Å². The van der Waals surface area contributed by atoms with Crippen LogP contribution in [-0.4, -0.2) is 29.9 Å². The molecule has 27 heavy (non-hydrogen) atoms. The first-order chi connectivity index (χ1) is 12.4. The molecule has 3 unspecified atom stereocenters. The van der Waals surface area contributed by atoms with Gasteiger partial charge in [0.15, 0.2) is 6.10 Å². The van der Waals surface area contributed by atoms with Crippen LogP contribution in [0.25, 0.3) is 0 Å². The van der Waals surface area contributed by atoms with Gasteiger partial charge in [0.25, 0.3) is 0 Å². The Hall–Kier alpha value is -1.81. The zero-order chi connectivity index (χ0) is 20.4. The molecular weight excluding hydrogens is 382 g/mol. The Morgan fingerprint density at radius 3 is 2.15 bits per heavy atom. The summed E-state index contributed by atoms with van der Waals surface area (Å²) >= 11 is 0. The average Bonchev–Trinajstić information content (AvgIpc) is 3.02. The van der Waals surface area contributed by atoms with Gasteiger partial charge in [-0.1, -0.05) is 6.92 Å². The molecule has 1 aromatic carbocycles. The maximum atomic E-state index is 12.9. The predicted octanol–water partition coefficient (Wildman–Crippen LogP) is 4.82. The molecular formula is C17H18F6O4. The summed E-state index contributed by atoms with van der Waals surface area (Å²) in [5, 5.41) is 8.91. The normalized spacial score (nSPS) is 22.0. The molecule has 0 radical (unpaired) electrons. The zero-order valence-electron chi connectivity index (χ0n) is 14.2. The second kappa shape index (κ2) is 8.05. The van der Waals surface area contributed by atoms with Crippen molar-refractivity contribution >= 4 is 5.97 Å². The highest BCUT2D eigenvalue weighted by Gasteiger charge is 2.38. The van der Waals surface area contributed by atoms with Crippen molar-refractivity contribution in [1.82, 2.24) is 0 Å². The molecule has 1 fully saturated rings. The van der Waals surface area contributed by atoms with E-state index in [2.05, 4.69) is 0 Å². The second-order valence-corrected chi connectivity index (χ2v) is 6.23.